The van der Waals surface area contributed by atoms with Gasteiger partial charge in [-0.25, -0.2) is 0 Å². The van der Waals surface area contributed by atoms with Crippen molar-refractivity contribution in [2.45, 2.75) is 148 Å². The van der Waals surface area contributed by atoms with Gasteiger partial charge in [-0.2, -0.15) is 0 Å². The van der Waals surface area contributed by atoms with Gasteiger partial charge in [-0.3, -0.25) is 0 Å². The Bertz CT molecular complexity index is 3610. The Hall–Kier alpha value is -6.78. The summed E-state index contributed by atoms with van der Waals surface area (Å²) in [5.74, 6) is 0. The first-order chi connectivity index (χ1) is 35.6. The van der Waals surface area contributed by atoms with E-state index in [0.29, 0.717) is 0 Å². The zero-order valence-corrected chi connectivity index (χ0v) is 46.8. The summed E-state index contributed by atoms with van der Waals surface area (Å²) in [5.41, 5.74) is 27.3. The van der Waals surface area contributed by atoms with Crippen LogP contribution in [0.5, 0.6) is 0 Å². The molecular weight excluding hydrogens is 906 g/mol. The van der Waals surface area contributed by atoms with Crippen LogP contribution in [0.3, 0.4) is 0 Å². The van der Waals surface area contributed by atoms with Crippen molar-refractivity contribution in [2.75, 3.05) is 14.7 Å². The van der Waals surface area contributed by atoms with Crippen molar-refractivity contribution >= 4 is 68.6 Å². The topological polar surface area (TPSA) is 9.72 Å². The molecule has 75 heavy (non-hydrogen) atoms. The summed E-state index contributed by atoms with van der Waals surface area (Å²) >= 11 is 0. The van der Waals surface area contributed by atoms with Gasteiger partial charge in [-0.05, 0) is 169 Å². The Morgan fingerprint density at radius 3 is 1.32 bits per heavy atom. The van der Waals surface area contributed by atoms with Gasteiger partial charge in [-0.15, -0.1) is 0 Å². The molecule has 2 atom stereocenters. The second-order valence-electron chi connectivity index (χ2n) is 27.0. The first-order valence-corrected chi connectivity index (χ1v) is 28.0. The lowest BCUT2D eigenvalue weighted by molar-refractivity contribution is 0.195. The van der Waals surface area contributed by atoms with Crippen LogP contribution in [0, 0.1) is 0 Å². The normalized spacial score (nSPS) is 20.0. The Kier molecular flexibility index (Phi) is 10.3. The van der Waals surface area contributed by atoms with Crippen molar-refractivity contribution in [3.63, 3.8) is 0 Å². The van der Waals surface area contributed by atoms with Crippen LogP contribution in [0.15, 0.2) is 164 Å². The highest BCUT2D eigenvalue weighted by atomic mass is 15.3. The van der Waals surface area contributed by atoms with Crippen molar-refractivity contribution in [1.82, 2.24) is 0 Å². The van der Waals surface area contributed by atoms with Crippen LogP contribution >= 0.6 is 0 Å². The van der Waals surface area contributed by atoms with Gasteiger partial charge >= 0.3 is 0 Å². The van der Waals surface area contributed by atoms with Gasteiger partial charge in [0.15, 0.2) is 0 Å². The molecule has 13 rings (SSSR count). The van der Waals surface area contributed by atoms with Crippen molar-refractivity contribution in [1.29, 1.82) is 0 Å². The molecule has 376 valence electrons. The largest absolute Gasteiger partial charge is 0.334 e. The molecule has 2 unspecified atom stereocenters. The maximum atomic E-state index is 2.83. The van der Waals surface area contributed by atoms with Gasteiger partial charge < -0.3 is 14.7 Å². The molecule has 0 N–H and O–H groups in total. The number of hydrogen-bond acceptors (Lipinski definition) is 3. The molecule has 1 saturated carbocycles. The third-order valence-corrected chi connectivity index (χ3v) is 19.0. The fourth-order valence-electron chi connectivity index (χ4n) is 14.4. The van der Waals surface area contributed by atoms with E-state index in [-0.39, 0.29) is 39.3 Å². The van der Waals surface area contributed by atoms with E-state index in [2.05, 4.69) is 269 Å². The highest BCUT2D eigenvalue weighted by Gasteiger charge is 2.59. The molecule has 0 amide bonds. The second-order valence-corrected chi connectivity index (χ2v) is 27.0. The molecule has 0 saturated heterocycles. The fraction of sp³-hybridized carbons (Fsp3) is 0.324. The summed E-state index contributed by atoms with van der Waals surface area (Å²) < 4.78 is 0. The third kappa shape index (κ3) is 6.99. The van der Waals surface area contributed by atoms with Crippen LogP contribution in [0.4, 0.5) is 45.5 Å². The van der Waals surface area contributed by atoms with Crippen molar-refractivity contribution in [2.24, 2.45) is 0 Å². The number of hydrogen-bond donors (Lipinski definition) is 0. The van der Waals surface area contributed by atoms with E-state index >= 15 is 0 Å². The van der Waals surface area contributed by atoms with Crippen LogP contribution in [0.1, 0.15) is 149 Å². The molecule has 0 radical (unpaired) electrons. The predicted molar refractivity (Wildman–Crippen MR) is 322 cm³/mol. The molecule has 0 bridgehead atoms. The Labute approximate surface area is 448 Å². The molecule has 8 aromatic rings. The summed E-state index contributed by atoms with van der Waals surface area (Å²) in [6.07, 6.45) is 4.72. The first kappa shape index (κ1) is 47.9. The molecule has 0 spiro atoms. The standard InChI is InChI=1S/C71H74BN3/c1-66(2,3)49-29-33-53(34-30-49)74-60-42-51(68(7,8)9)40-57-64(60)72-63-56(69(57,10)11)39-50(67(4,5)6)41-59(63)73(52-31-26-47(27-32-52)45-22-16-14-17-23-45)61-43-54(44-62(74)65(61)72)75-58-35-28-48(46-24-18-15-19-25-46)38-55(58)70(12)36-20-21-37-71(70,75)13/h14-19,22-35,38-44H,20-21,36-37H2,1-13H3. The van der Waals surface area contributed by atoms with E-state index in [0.717, 1.165) is 12.8 Å². The van der Waals surface area contributed by atoms with Crippen LogP contribution in [0.2, 0.25) is 0 Å². The van der Waals surface area contributed by atoms with Gasteiger partial charge in [0.2, 0.25) is 0 Å². The first-order valence-electron chi connectivity index (χ1n) is 28.0. The molecule has 4 aliphatic heterocycles. The average molecular weight is 980 g/mol. The summed E-state index contributed by atoms with van der Waals surface area (Å²) in [6, 6.07) is 64.0. The summed E-state index contributed by atoms with van der Waals surface area (Å²) in [7, 11) is 0. The van der Waals surface area contributed by atoms with Crippen LogP contribution < -0.4 is 31.1 Å². The van der Waals surface area contributed by atoms with E-state index in [1.807, 2.05) is 0 Å². The minimum Gasteiger partial charge on any atom is -0.334 e. The number of anilines is 8. The Morgan fingerprint density at radius 1 is 0.373 bits per heavy atom. The SMILES string of the molecule is CC(C)(C)c1ccc(N2c3cc(N4c5ccc(-c6ccccc6)cc5C5(C)CCCCC45C)cc4c3B3c5c(cc(C(C)(C)C)cc5C(C)(C)c5cc(C(C)(C)C)cc2c53)N4c2ccc(-c3ccccc3)cc2)cc1. The Balaban J connectivity index is 1.16. The smallest absolute Gasteiger partial charge is 0.252 e. The van der Waals surface area contributed by atoms with E-state index in [1.165, 1.54) is 130 Å². The lowest BCUT2D eigenvalue weighted by Crippen LogP contribution is -2.67. The summed E-state index contributed by atoms with van der Waals surface area (Å²) in [4.78, 5) is 8.22. The van der Waals surface area contributed by atoms with Gasteiger partial charge in [-0.1, -0.05) is 199 Å². The lowest BCUT2D eigenvalue weighted by atomic mass is 9.28. The molecule has 0 aromatic heterocycles. The van der Waals surface area contributed by atoms with Gasteiger partial charge in [0, 0.05) is 56.3 Å². The van der Waals surface area contributed by atoms with Crippen molar-refractivity contribution in [3.05, 3.63) is 197 Å². The summed E-state index contributed by atoms with van der Waals surface area (Å²) in [6.45, 7) is 31.6. The molecule has 4 heteroatoms. The predicted octanol–water partition coefficient (Wildman–Crippen LogP) is 17.4. The maximum Gasteiger partial charge on any atom is 0.252 e. The number of nitrogens with zero attached hydrogens (tertiary/aromatic N) is 3. The zero-order chi connectivity index (χ0) is 52.4. The van der Waals surface area contributed by atoms with E-state index < -0.39 is 0 Å². The van der Waals surface area contributed by atoms with E-state index in [9.17, 15) is 0 Å². The highest BCUT2D eigenvalue weighted by Crippen LogP contribution is 2.63. The Morgan fingerprint density at radius 2 is 0.813 bits per heavy atom. The molecule has 3 nitrogen and oxygen atoms in total. The monoisotopic (exact) mass is 980 g/mol. The number of fused-ring (bicyclic) bond motifs is 3. The molecular formula is C71H74BN3. The quantitative estimate of drug-likeness (QED) is 0.159. The van der Waals surface area contributed by atoms with Crippen LogP contribution in [0.25, 0.3) is 22.3 Å². The van der Waals surface area contributed by atoms with E-state index in [1.54, 1.807) is 0 Å². The fourth-order valence-corrected chi connectivity index (χ4v) is 14.4. The molecule has 1 fully saturated rings. The van der Waals surface area contributed by atoms with Crippen molar-refractivity contribution in [3.8, 4) is 22.3 Å². The molecule has 4 heterocycles. The lowest BCUT2D eigenvalue weighted by Gasteiger charge is -2.53. The van der Waals surface area contributed by atoms with Crippen LogP contribution in [-0.4, -0.2) is 12.3 Å². The second kappa shape index (κ2) is 16.1. The minimum absolute atomic E-state index is 0.0220. The number of benzene rings is 8. The van der Waals surface area contributed by atoms with Gasteiger partial charge in [0.25, 0.3) is 6.71 Å². The summed E-state index contributed by atoms with van der Waals surface area (Å²) in [5, 5.41) is 0. The molecule has 5 aliphatic rings. The average Bonchev–Trinajstić information content (AvgIpc) is 3.78. The highest BCUT2D eigenvalue weighted by molar-refractivity contribution is 7.01. The zero-order valence-electron chi connectivity index (χ0n) is 46.8. The van der Waals surface area contributed by atoms with Crippen LogP contribution in [-0.2, 0) is 27.1 Å². The number of rotatable bonds is 5. The maximum absolute atomic E-state index is 2.83. The van der Waals surface area contributed by atoms with Gasteiger partial charge in [0.05, 0.1) is 5.54 Å². The minimum atomic E-state index is -0.287. The van der Waals surface area contributed by atoms with Gasteiger partial charge in [0.1, 0.15) is 0 Å². The molecule has 8 aromatic carbocycles. The van der Waals surface area contributed by atoms with E-state index in [4.69, 9.17) is 0 Å². The molecule has 1 aliphatic carbocycles. The third-order valence-electron chi connectivity index (χ3n) is 19.0. The van der Waals surface area contributed by atoms with Crippen molar-refractivity contribution < 1.29 is 0 Å².